The number of nitrogens with one attached hydrogen (secondary N) is 2. The number of nitrogens with zero attached hydrogens (tertiary/aromatic N) is 4. The molecule has 2 aliphatic heterocycles. The summed E-state index contributed by atoms with van der Waals surface area (Å²) in [7, 11) is 0. The number of rotatable bonds is 6. The summed E-state index contributed by atoms with van der Waals surface area (Å²) in [5.74, 6) is 1.03. The van der Waals surface area contributed by atoms with Crippen molar-refractivity contribution in [2.45, 2.75) is 25.8 Å². The van der Waals surface area contributed by atoms with Crippen molar-refractivity contribution in [2.24, 2.45) is 0 Å². The first-order chi connectivity index (χ1) is 14.5. The summed E-state index contributed by atoms with van der Waals surface area (Å²) in [4.78, 5) is 27.7. The fourth-order valence-corrected chi connectivity index (χ4v) is 4.28. The van der Waals surface area contributed by atoms with Gasteiger partial charge in [-0.15, -0.1) is 0 Å². The number of carbonyl (C=O) groups excluding carboxylic acids is 1. The van der Waals surface area contributed by atoms with Gasteiger partial charge in [0.15, 0.2) is 0 Å². The zero-order valence-corrected chi connectivity index (χ0v) is 18.2. The van der Waals surface area contributed by atoms with Gasteiger partial charge in [-0.3, -0.25) is 14.6 Å². The van der Waals surface area contributed by atoms with E-state index >= 15 is 0 Å². The van der Waals surface area contributed by atoms with Gasteiger partial charge in [-0.25, -0.2) is 4.98 Å². The number of hydrogen-bond acceptors (Lipinski definition) is 6. The maximum atomic E-state index is 12.6. The summed E-state index contributed by atoms with van der Waals surface area (Å²) in [5, 5.41) is 3.15. The number of amides is 1. The Morgan fingerprint density at radius 2 is 1.93 bits per heavy atom. The average molecular weight is 415 g/mol. The molecule has 2 N–H and O–H groups in total. The molecule has 0 aliphatic carbocycles. The van der Waals surface area contributed by atoms with Crippen LogP contribution in [0.5, 0.6) is 0 Å². The van der Waals surface area contributed by atoms with Gasteiger partial charge >= 0.3 is 0 Å². The Hall–Kier alpha value is -2.16. The molecule has 2 aliphatic rings. The number of morpholine rings is 1. The number of benzene rings is 1. The molecule has 0 bridgehead atoms. The lowest BCUT2D eigenvalue weighted by Crippen LogP contribution is -2.56. The SMILES string of the molecule is CC(C)(CNC(=O)CN1CCCN(c2nc3ccccc3[nH]2)CC1)N1CCOCC1. The fraction of sp³-hybridized carbons (Fsp3) is 0.636. The second-order valence-corrected chi connectivity index (χ2v) is 8.88. The molecule has 8 nitrogen and oxygen atoms in total. The monoisotopic (exact) mass is 414 g/mol. The molecular weight excluding hydrogens is 380 g/mol. The lowest BCUT2D eigenvalue weighted by molar-refractivity contribution is -0.123. The first kappa shape index (κ1) is 21.1. The van der Waals surface area contributed by atoms with E-state index < -0.39 is 0 Å². The Morgan fingerprint density at radius 3 is 2.73 bits per heavy atom. The maximum Gasteiger partial charge on any atom is 0.234 e. The minimum absolute atomic E-state index is 0.0592. The molecule has 8 heteroatoms. The molecule has 0 saturated carbocycles. The molecular formula is C22H34N6O2. The van der Waals surface area contributed by atoms with Crippen molar-refractivity contribution < 1.29 is 9.53 Å². The number of H-pyrrole nitrogens is 1. The molecule has 2 fully saturated rings. The predicted octanol–water partition coefficient (Wildman–Crippen LogP) is 1.30. The highest BCUT2D eigenvalue weighted by molar-refractivity contribution is 5.78. The van der Waals surface area contributed by atoms with Crippen LogP contribution in [0.3, 0.4) is 0 Å². The highest BCUT2D eigenvalue weighted by atomic mass is 16.5. The van der Waals surface area contributed by atoms with E-state index in [9.17, 15) is 4.79 Å². The standard InChI is InChI=1S/C22H34N6O2/c1-22(2,28-12-14-30-15-13-28)17-23-20(29)16-26-8-5-9-27(11-10-26)21-24-18-6-3-4-7-19(18)25-21/h3-4,6-7H,5,8-17H2,1-2H3,(H,23,29)(H,24,25). The van der Waals surface area contributed by atoms with Crippen molar-refractivity contribution in [1.29, 1.82) is 0 Å². The van der Waals surface area contributed by atoms with Gasteiger partial charge in [-0.05, 0) is 32.4 Å². The second kappa shape index (κ2) is 9.32. The van der Waals surface area contributed by atoms with E-state index in [1.165, 1.54) is 0 Å². The smallest absolute Gasteiger partial charge is 0.234 e. The Bertz CT molecular complexity index is 812. The molecule has 30 heavy (non-hydrogen) atoms. The van der Waals surface area contributed by atoms with Crippen LogP contribution < -0.4 is 10.2 Å². The van der Waals surface area contributed by atoms with Crippen LogP contribution in [-0.2, 0) is 9.53 Å². The van der Waals surface area contributed by atoms with Crippen LogP contribution in [0.4, 0.5) is 5.95 Å². The van der Waals surface area contributed by atoms with Crippen molar-refractivity contribution in [3.63, 3.8) is 0 Å². The molecule has 0 atom stereocenters. The molecule has 0 radical (unpaired) electrons. The first-order valence-corrected chi connectivity index (χ1v) is 11.0. The number of fused-ring (bicyclic) bond motifs is 1. The highest BCUT2D eigenvalue weighted by Gasteiger charge is 2.29. The molecule has 4 rings (SSSR count). The van der Waals surface area contributed by atoms with Crippen LogP contribution in [0.15, 0.2) is 24.3 Å². The molecule has 2 saturated heterocycles. The summed E-state index contributed by atoms with van der Waals surface area (Å²) < 4.78 is 5.44. The predicted molar refractivity (Wildman–Crippen MR) is 119 cm³/mol. The molecule has 0 unspecified atom stereocenters. The van der Waals surface area contributed by atoms with E-state index in [2.05, 4.69) is 44.9 Å². The number of hydrogen-bond donors (Lipinski definition) is 2. The zero-order chi connectivity index (χ0) is 21.0. The van der Waals surface area contributed by atoms with Gasteiger partial charge < -0.3 is 19.9 Å². The lowest BCUT2D eigenvalue weighted by atomic mass is 10.0. The summed E-state index contributed by atoms with van der Waals surface area (Å²) >= 11 is 0. The Kier molecular flexibility index (Phi) is 6.55. The Labute approximate surface area is 178 Å². The molecule has 164 valence electrons. The minimum atomic E-state index is -0.0592. The minimum Gasteiger partial charge on any atom is -0.379 e. The number of aromatic nitrogens is 2. The van der Waals surface area contributed by atoms with Crippen LogP contribution >= 0.6 is 0 Å². The largest absolute Gasteiger partial charge is 0.379 e. The van der Waals surface area contributed by atoms with Crippen LogP contribution in [0.1, 0.15) is 20.3 Å². The van der Waals surface area contributed by atoms with E-state index in [-0.39, 0.29) is 11.4 Å². The van der Waals surface area contributed by atoms with Gasteiger partial charge in [-0.1, -0.05) is 12.1 Å². The number of aromatic amines is 1. The molecule has 1 aromatic carbocycles. The number of anilines is 1. The fourth-order valence-electron chi connectivity index (χ4n) is 4.28. The van der Waals surface area contributed by atoms with Gasteiger partial charge in [0.05, 0.1) is 30.8 Å². The van der Waals surface area contributed by atoms with Gasteiger partial charge in [0, 0.05) is 51.4 Å². The number of para-hydroxylation sites is 2. The molecule has 3 heterocycles. The third-order valence-corrected chi connectivity index (χ3v) is 6.22. The zero-order valence-electron chi connectivity index (χ0n) is 18.2. The van der Waals surface area contributed by atoms with E-state index in [1.54, 1.807) is 0 Å². The third-order valence-electron chi connectivity index (χ3n) is 6.22. The van der Waals surface area contributed by atoms with Gasteiger partial charge in [0.25, 0.3) is 0 Å². The Morgan fingerprint density at radius 1 is 1.13 bits per heavy atom. The second-order valence-electron chi connectivity index (χ2n) is 8.88. The van der Waals surface area contributed by atoms with E-state index in [4.69, 9.17) is 9.72 Å². The van der Waals surface area contributed by atoms with Crippen LogP contribution in [0, 0.1) is 0 Å². The van der Waals surface area contributed by atoms with Crippen molar-refractivity contribution in [3.05, 3.63) is 24.3 Å². The molecule has 1 aromatic heterocycles. The third kappa shape index (κ3) is 5.11. The molecule has 0 spiro atoms. The van der Waals surface area contributed by atoms with Crippen molar-refractivity contribution >= 4 is 22.9 Å². The van der Waals surface area contributed by atoms with E-state index in [0.717, 1.165) is 75.9 Å². The Balaban J connectivity index is 1.25. The maximum absolute atomic E-state index is 12.6. The van der Waals surface area contributed by atoms with Crippen molar-refractivity contribution in [2.75, 3.05) is 70.5 Å². The quantitative estimate of drug-likeness (QED) is 0.742. The molecule has 1 amide bonds. The van der Waals surface area contributed by atoms with Gasteiger partial charge in [0.1, 0.15) is 0 Å². The summed E-state index contributed by atoms with van der Waals surface area (Å²) in [6.07, 6.45) is 1.02. The summed E-state index contributed by atoms with van der Waals surface area (Å²) in [6, 6.07) is 8.12. The van der Waals surface area contributed by atoms with Crippen LogP contribution in [0.2, 0.25) is 0 Å². The van der Waals surface area contributed by atoms with Crippen molar-refractivity contribution in [3.8, 4) is 0 Å². The summed E-state index contributed by atoms with van der Waals surface area (Å²) in [5.41, 5.74) is 2.00. The van der Waals surface area contributed by atoms with E-state index in [0.29, 0.717) is 13.1 Å². The van der Waals surface area contributed by atoms with Gasteiger partial charge in [-0.2, -0.15) is 0 Å². The van der Waals surface area contributed by atoms with Crippen LogP contribution in [-0.4, -0.2) is 96.8 Å². The first-order valence-electron chi connectivity index (χ1n) is 11.0. The van der Waals surface area contributed by atoms with Gasteiger partial charge in [0.2, 0.25) is 11.9 Å². The van der Waals surface area contributed by atoms with Crippen LogP contribution in [0.25, 0.3) is 11.0 Å². The average Bonchev–Trinajstić information content (AvgIpc) is 3.06. The number of ether oxygens (including phenoxy) is 1. The lowest BCUT2D eigenvalue weighted by Gasteiger charge is -2.41. The summed E-state index contributed by atoms with van der Waals surface area (Å²) in [6.45, 7) is 12.5. The molecule has 2 aromatic rings. The number of imidazole rings is 1. The van der Waals surface area contributed by atoms with E-state index in [1.807, 2.05) is 18.2 Å². The number of carbonyl (C=O) groups is 1. The highest BCUT2D eigenvalue weighted by Crippen LogP contribution is 2.18. The normalized spacial score (nSPS) is 19.7. The van der Waals surface area contributed by atoms with Crippen molar-refractivity contribution in [1.82, 2.24) is 25.1 Å². The topological polar surface area (TPSA) is 76.7 Å².